The summed E-state index contributed by atoms with van der Waals surface area (Å²) in [5.41, 5.74) is 0.0429. The van der Waals surface area contributed by atoms with Crippen molar-refractivity contribution in [1.82, 2.24) is 9.88 Å². The number of aromatic nitrogens is 1. The van der Waals surface area contributed by atoms with Gasteiger partial charge in [-0.15, -0.1) is 0 Å². The van der Waals surface area contributed by atoms with Crippen molar-refractivity contribution in [2.24, 2.45) is 4.36 Å². The first-order valence-corrected chi connectivity index (χ1v) is 11.0. The zero-order valence-electron chi connectivity index (χ0n) is 15.0. The van der Waals surface area contributed by atoms with Gasteiger partial charge in [-0.1, -0.05) is 0 Å². The zero-order chi connectivity index (χ0) is 19.1. The van der Waals surface area contributed by atoms with Crippen LogP contribution in [0.3, 0.4) is 0 Å². The van der Waals surface area contributed by atoms with E-state index in [1.54, 1.807) is 4.90 Å². The number of carbonyl (C=O) groups is 2. The van der Waals surface area contributed by atoms with E-state index < -0.39 is 27.8 Å². The molecule has 0 bridgehead atoms. The lowest BCUT2D eigenvalue weighted by Crippen LogP contribution is -2.57. The van der Waals surface area contributed by atoms with E-state index in [-0.39, 0.29) is 29.1 Å². The molecule has 2 saturated heterocycles. The topological polar surface area (TPSA) is 122 Å². The minimum absolute atomic E-state index is 0.106. The molecule has 2 amide bonds. The average Bonchev–Trinajstić information content (AvgIpc) is 3.40. The van der Waals surface area contributed by atoms with Crippen LogP contribution in [0.1, 0.15) is 47.8 Å². The molecule has 9 nitrogen and oxygen atoms in total. The molecule has 0 unspecified atom stereocenters. The first-order chi connectivity index (χ1) is 12.9. The molecule has 148 valence electrons. The number of ether oxygens (including phenoxy) is 1. The number of oxazole rings is 1. The summed E-state index contributed by atoms with van der Waals surface area (Å²) in [7, 11) is -2.70. The highest BCUT2D eigenvalue weighted by atomic mass is 32.2. The van der Waals surface area contributed by atoms with E-state index in [0.29, 0.717) is 38.2 Å². The number of amides is 2. The van der Waals surface area contributed by atoms with Crippen LogP contribution >= 0.6 is 0 Å². The number of morpholine rings is 1. The Morgan fingerprint density at radius 1 is 1.37 bits per heavy atom. The van der Waals surface area contributed by atoms with Gasteiger partial charge in [0.1, 0.15) is 6.61 Å². The van der Waals surface area contributed by atoms with Crippen molar-refractivity contribution in [2.75, 3.05) is 37.8 Å². The number of nitrogens with zero attached hydrogens (tertiary/aromatic N) is 3. The maximum absolute atomic E-state index is 13.1. The van der Waals surface area contributed by atoms with Gasteiger partial charge in [0.2, 0.25) is 11.7 Å². The van der Waals surface area contributed by atoms with Gasteiger partial charge in [-0.25, -0.2) is 9.19 Å². The summed E-state index contributed by atoms with van der Waals surface area (Å²) in [6.45, 7) is 0.654. The first kappa shape index (κ1) is 18.6. The van der Waals surface area contributed by atoms with Crippen LogP contribution < -0.4 is 0 Å². The molecule has 1 spiro atoms. The maximum Gasteiger partial charge on any atom is 0.322 e. The molecule has 27 heavy (non-hydrogen) atoms. The molecule has 1 saturated carbocycles. The van der Waals surface area contributed by atoms with E-state index in [1.807, 2.05) is 0 Å². The second kappa shape index (κ2) is 6.99. The fraction of sp³-hybridized carbons (Fsp3) is 0.706. The third kappa shape index (κ3) is 3.78. The van der Waals surface area contributed by atoms with Crippen molar-refractivity contribution in [2.45, 2.75) is 37.2 Å². The second-order valence-electron chi connectivity index (χ2n) is 7.42. The van der Waals surface area contributed by atoms with E-state index >= 15 is 0 Å². The second-order valence-corrected chi connectivity index (χ2v) is 9.97. The molecule has 0 radical (unpaired) electrons. The molecule has 1 aliphatic carbocycles. The number of hydrogen-bond acceptors (Lipinski definition) is 7. The Morgan fingerprint density at radius 3 is 2.78 bits per heavy atom. The lowest BCUT2D eigenvalue weighted by atomic mass is 9.94. The smallest absolute Gasteiger partial charge is 0.322 e. The minimum atomic E-state index is -2.70. The summed E-state index contributed by atoms with van der Waals surface area (Å²) in [6.07, 6.45) is 4.09. The third-order valence-corrected chi connectivity index (χ3v) is 7.67. The fourth-order valence-electron chi connectivity index (χ4n) is 3.72. The van der Waals surface area contributed by atoms with E-state index in [9.17, 15) is 13.8 Å². The summed E-state index contributed by atoms with van der Waals surface area (Å²) in [6, 6.07) is 0. The van der Waals surface area contributed by atoms with Crippen LogP contribution in [0, 0.1) is 0 Å². The van der Waals surface area contributed by atoms with Gasteiger partial charge in [-0.05, 0) is 25.7 Å². The summed E-state index contributed by atoms with van der Waals surface area (Å²) in [5, 5.41) is 9.07. The van der Waals surface area contributed by atoms with E-state index in [4.69, 9.17) is 14.3 Å². The molecular weight excluding hydrogens is 374 g/mol. The normalized spacial score (nSPS) is 31.1. The highest BCUT2D eigenvalue weighted by Crippen LogP contribution is 2.41. The van der Waals surface area contributed by atoms with Gasteiger partial charge >= 0.3 is 5.91 Å². The Balaban J connectivity index is 1.46. The molecule has 2 aliphatic heterocycles. The monoisotopic (exact) mass is 397 g/mol. The predicted molar refractivity (Wildman–Crippen MR) is 94.7 cm³/mol. The van der Waals surface area contributed by atoms with Gasteiger partial charge in [0.25, 0.3) is 0 Å². The van der Waals surface area contributed by atoms with Crippen molar-refractivity contribution in [3.63, 3.8) is 0 Å². The lowest BCUT2D eigenvalue weighted by molar-refractivity contribution is -0.154. The Bertz CT molecular complexity index is 854. The van der Waals surface area contributed by atoms with Crippen LogP contribution in [-0.4, -0.2) is 74.4 Å². The van der Waals surface area contributed by atoms with Crippen LogP contribution in [0.2, 0.25) is 0 Å². The predicted octanol–water partition coefficient (Wildman–Crippen LogP) is 0.544. The standard InChI is InChI=1S/C17H23N3O6S/c21-9-13(22)20-5-6-26-17(10-20)3-7-27(24,8-4-17)19-16(23)15-14(12-1-2-12)18-11-25-15/h11-12,21H,1-10H2. The Kier molecular flexibility index (Phi) is 4.81. The minimum Gasteiger partial charge on any atom is -0.438 e. The molecule has 1 aromatic rings. The highest BCUT2D eigenvalue weighted by Gasteiger charge is 2.42. The molecule has 0 atom stereocenters. The van der Waals surface area contributed by atoms with Crippen molar-refractivity contribution < 1.29 is 28.1 Å². The first-order valence-electron chi connectivity index (χ1n) is 9.16. The van der Waals surface area contributed by atoms with Gasteiger partial charge in [0.05, 0.1) is 27.6 Å². The van der Waals surface area contributed by atoms with Crippen molar-refractivity contribution in [1.29, 1.82) is 0 Å². The van der Waals surface area contributed by atoms with E-state index in [1.165, 1.54) is 6.39 Å². The van der Waals surface area contributed by atoms with Crippen molar-refractivity contribution in [3.8, 4) is 0 Å². The van der Waals surface area contributed by atoms with Crippen LogP contribution in [0.15, 0.2) is 15.2 Å². The molecule has 0 aromatic carbocycles. The molecule has 10 heteroatoms. The number of hydrogen-bond donors (Lipinski definition) is 1. The Morgan fingerprint density at radius 2 is 2.11 bits per heavy atom. The fourth-order valence-corrected chi connectivity index (χ4v) is 5.88. The molecule has 1 aromatic heterocycles. The maximum atomic E-state index is 13.1. The summed E-state index contributed by atoms with van der Waals surface area (Å²) >= 11 is 0. The average molecular weight is 397 g/mol. The van der Waals surface area contributed by atoms with Crippen molar-refractivity contribution >= 4 is 21.5 Å². The van der Waals surface area contributed by atoms with Gasteiger partial charge in [-0.2, -0.15) is 4.36 Å². The summed E-state index contributed by atoms with van der Waals surface area (Å²) in [5.74, 6) is -0.122. The molecule has 4 rings (SSSR count). The number of aliphatic hydroxyl groups excluding tert-OH is 1. The molecule has 3 heterocycles. The number of rotatable bonds is 3. The third-order valence-electron chi connectivity index (χ3n) is 5.49. The van der Waals surface area contributed by atoms with E-state index in [0.717, 1.165) is 12.8 Å². The number of carbonyl (C=O) groups excluding carboxylic acids is 2. The van der Waals surface area contributed by atoms with Crippen LogP contribution in [-0.2, 0) is 19.3 Å². The quantitative estimate of drug-likeness (QED) is 0.790. The van der Waals surface area contributed by atoms with Crippen LogP contribution in [0.5, 0.6) is 0 Å². The largest absolute Gasteiger partial charge is 0.438 e. The lowest BCUT2D eigenvalue weighted by Gasteiger charge is -2.45. The molecule has 3 aliphatic rings. The summed E-state index contributed by atoms with van der Waals surface area (Å²) < 4.78 is 28.2. The van der Waals surface area contributed by atoms with Gasteiger partial charge in [0.15, 0.2) is 6.39 Å². The van der Waals surface area contributed by atoms with Crippen LogP contribution in [0.4, 0.5) is 0 Å². The van der Waals surface area contributed by atoms with Crippen molar-refractivity contribution in [3.05, 3.63) is 17.8 Å². The number of aliphatic hydroxyl groups is 1. The molecule has 1 N–H and O–H groups in total. The van der Waals surface area contributed by atoms with Gasteiger partial charge in [0, 0.05) is 30.5 Å². The SMILES string of the molecule is O=C(N=S1(=O)CCC2(CC1)CN(C(=O)CO)CCO2)c1ocnc1C1CC1. The molecular formula is C17H23N3O6S. The zero-order valence-corrected chi connectivity index (χ0v) is 15.8. The van der Waals surface area contributed by atoms with Crippen LogP contribution in [0.25, 0.3) is 0 Å². The Labute approximate surface area is 157 Å². The highest BCUT2D eigenvalue weighted by molar-refractivity contribution is 7.93. The Hall–Kier alpha value is -1.78. The van der Waals surface area contributed by atoms with Gasteiger partial charge < -0.3 is 19.2 Å². The summed E-state index contributed by atoms with van der Waals surface area (Å²) in [4.78, 5) is 29.9. The van der Waals surface area contributed by atoms with E-state index in [2.05, 4.69) is 9.35 Å². The van der Waals surface area contributed by atoms with Gasteiger partial charge in [-0.3, -0.25) is 9.59 Å². The molecule has 3 fully saturated rings.